The van der Waals surface area contributed by atoms with Crippen molar-refractivity contribution in [2.24, 2.45) is 17.8 Å². The molecule has 0 unspecified atom stereocenters. The predicted molar refractivity (Wildman–Crippen MR) is 198 cm³/mol. The topological polar surface area (TPSA) is 215 Å². The lowest BCUT2D eigenvalue weighted by Crippen LogP contribution is -2.66. The van der Waals surface area contributed by atoms with Gasteiger partial charge in [0.05, 0.1) is 17.0 Å². The summed E-state index contributed by atoms with van der Waals surface area (Å²) in [5.74, 6) is -3.05. The highest BCUT2D eigenvalue weighted by Gasteiger charge is 2.55. The fourth-order valence-corrected chi connectivity index (χ4v) is 8.81. The van der Waals surface area contributed by atoms with Gasteiger partial charge in [0.15, 0.2) is 30.9 Å². The normalized spacial score (nSPS) is 31.8. The van der Waals surface area contributed by atoms with Crippen LogP contribution in [0.5, 0.6) is 0 Å². The number of hydrogen-bond acceptors (Lipinski definition) is 16. The second kappa shape index (κ2) is 20.3. The molecule has 4 rings (SSSR count). The fourth-order valence-electron chi connectivity index (χ4n) is 7.55. The van der Waals surface area contributed by atoms with E-state index in [0.717, 1.165) is 52.5 Å². The monoisotopic (exact) mass is 827 g/mol. The lowest BCUT2D eigenvalue weighted by atomic mass is 9.75. The number of ether oxygens (including phenoxy) is 9. The molecule has 17 nitrogen and oxygen atoms in total. The van der Waals surface area contributed by atoms with Crippen LogP contribution in [0.4, 0.5) is 0 Å². The van der Waals surface area contributed by atoms with E-state index < -0.39 is 108 Å². The molecule has 0 spiro atoms. The molecule has 1 N–H and O–H groups in total. The van der Waals surface area contributed by atoms with Gasteiger partial charge in [-0.25, -0.2) is 13.1 Å². The summed E-state index contributed by atoms with van der Waals surface area (Å²) >= 11 is 0. The van der Waals surface area contributed by atoms with Crippen molar-refractivity contribution in [1.82, 2.24) is 4.72 Å². The Bertz CT molecular complexity index is 1670. The van der Waals surface area contributed by atoms with Crippen LogP contribution < -0.4 is 4.72 Å². The molecule has 18 heteroatoms. The first-order chi connectivity index (χ1) is 26.7. The Labute approximate surface area is 334 Å². The standard InChI is InChI=1S/C39H57NO16S/c1-20(2)29-15-12-22(4)16-31(29)53-34-17-30(40-57(46,47)28-13-10-21(3)11-14-28)35(32(54-34)18-48-23(5)41)56-39-38(52-27(9)45)37(51-26(8)44)36(50-25(7)43)33(55-39)19-49-24(6)42/h10-11,13-14,20,22,29-40H,12,15-19H2,1-9H3/t22-,29+,30+,31-,32-,33-,34+,35+,36-,37+,38-,39-/m1/s1. The van der Waals surface area contributed by atoms with Crippen molar-refractivity contribution < 1.29 is 75.0 Å². The van der Waals surface area contributed by atoms with Crippen molar-refractivity contribution >= 4 is 39.9 Å². The van der Waals surface area contributed by atoms with Gasteiger partial charge in [-0.1, -0.05) is 44.9 Å². The minimum atomic E-state index is -4.26. The quantitative estimate of drug-likeness (QED) is 0.198. The molecule has 2 saturated heterocycles. The van der Waals surface area contributed by atoms with Crippen LogP contribution in [0, 0.1) is 24.7 Å². The number of aryl methyl sites for hydroxylation is 1. The van der Waals surface area contributed by atoms with E-state index in [1.807, 2.05) is 6.92 Å². The molecule has 2 heterocycles. The lowest BCUT2D eigenvalue weighted by molar-refractivity contribution is -0.341. The second-order valence-corrected chi connectivity index (χ2v) is 17.1. The van der Waals surface area contributed by atoms with E-state index in [4.69, 9.17) is 42.6 Å². The molecule has 2 aliphatic heterocycles. The Morgan fingerprint density at radius 1 is 0.719 bits per heavy atom. The van der Waals surface area contributed by atoms with Gasteiger partial charge in [-0.15, -0.1) is 0 Å². The summed E-state index contributed by atoms with van der Waals surface area (Å²) in [6, 6.07) is 5.03. The number of carbonyl (C=O) groups excluding carboxylic acids is 5. The first-order valence-corrected chi connectivity index (χ1v) is 20.7. The van der Waals surface area contributed by atoms with Gasteiger partial charge in [-0.05, 0) is 49.7 Å². The van der Waals surface area contributed by atoms with Crippen molar-refractivity contribution in [2.45, 2.75) is 154 Å². The molecule has 3 aliphatic rings. The van der Waals surface area contributed by atoms with Crippen LogP contribution >= 0.6 is 0 Å². The molecule has 57 heavy (non-hydrogen) atoms. The first kappa shape index (κ1) is 46.0. The van der Waals surface area contributed by atoms with Crippen LogP contribution in [0.1, 0.15) is 86.6 Å². The Hall–Kier alpha value is -3.68. The Morgan fingerprint density at radius 2 is 1.26 bits per heavy atom. The molecular weight excluding hydrogens is 770 g/mol. The Balaban J connectivity index is 1.81. The third kappa shape index (κ3) is 13.2. The zero-order valence-corrected chi connectivity index (χ0v) is 34.8. The van der Waals surface area contributed by atoms with Crippen molar-refractivity contribution in [1.29, 1.82) is 0 Å². The summed E-state index contributed by atoms with van der Waals surface area (Å²) in [7, 11) is -4.26. The highest BCUT2D eigenvalue weighted by atomic mass is 32.2. The number of esters is 5. The van der Waals surface area contributed by atoms with Crippen molar-refractivity contribution in [2.75, 3.05) is 13.2 Å². The molecule has 3 fully saturated rings. The molecular formula is C39H57NO16S. The largest absolute Gasteiger partial charge is 0.463 e. The zero-order valence-electron chi connectivity index (χ0n) is 34.0. The van der Waals surface area contributed by atoms with Gasteiger partial charge in [0.25, 0.3) is 0 Å². The molecule has 1 aromatic rings. The van der Waals surface area contributed by atoms with Crippen molar-refractivity contribution in [3.8, 4) is 0 Å². The summed E-state index contributed by atoms with van der Waals surface area (Å²) < 4.78 is 84.0. The van der Waals surface area contributed by atoms with Crippen LogP contribution in [-0.4, -0.2) is 113 Å². The van der Waals surface area contributed by atoms with Gasteiger partial charge in [0.2, 0.25) is 10.0 Å². The van der Waals surface area contributed by atoms with Gasteiger partial charge in [0.1, 0.15) is 31.5 Å². The van der Waals surface area contributed by atoms with E-state index in [0.29, 0.717) is 5.92 Å². The van der Waals surface area contributed by atoms with Gasteiger partial charge in [-0.2, -0.15) is 0 Å². The lowest BCUT2D eigenvalue weighted by Gasteiger charge is -2.48. The second-order valence-electron chi connectivity index (χ2n) is 15.4. The Morgan fingerprint density at radius 3 is 1.81 bits per heavy atom. The van der Waals surface area contributed by atoms with Crippen LogP contribution in [0.25, 0.3) is 0 Å². The van der Waals surface area contributed by atoms with E-state index in [-0.39, 0.29) is 29.3 Å². The molecule has 0 bridgehead atoms. The molecule has 1 saturated carbocycles. The van der Waals surface area contributed by atoms with Gasteiger partial charge in [0, 0.05) is 41.0 Å². The third-order valence-corrected chi connectivity index (χ3v) is 11.7. The zero-order chi connectivity index (χ0) is 42.2. The highest BCUT2D eigenvalue weighted by Crippen LogP contribution is 2.39. The number of benzene rings is 1. The third-order valence-electron chi connectivity index (χ3n) is 10.2. The van der Waals surface area contributed by atoms with E-state index in [9.17, 15) is 32.4 Å². The number of rotatable bonds is 15. The van der Waals surface area contributed by atoms with Crippen LogP contribution in [-0.2, 0) is 76.6 Å². The molecule has 0 amide bonds. The minimum absolute atomic E-state index is 0.0411. The number of hydrogen-bond donors (Lipinski definition) is 1. The summed E-state index contributed by atoms with van der Waals surface area (Å²) in [6.45, 7) is 12.9. The van der Waals surface area contributed by atoms with Crippen LogP contribution in [0.15, 0.2) is 29.2 Å². The maximum absolute atomic E-state index is 14.0. The fraction of sp³-hybridized carbons (Fsp3) is 0.718. The summed E-state index contributed by atoms with van der Waals surface area (Å²) in [6.07, 6.45) is -8.88. The average molecular weight is 828 g/mol. The van der Waals surface area contributed by atoms with E-state index in [1.54, 1.807) is 12.1 Å². The summed E-state index contributed by atoms with van der Waals surface area (Å²) in [5, 5.41) is 0. The summed E-state index contributed by atoms with van der Waals surface area (Å²) in [4.78, 5) is 61.4. The maximum atomic E-state index is 14.0. The molecule has 1 aromatic carbocycles. The van der Waals surface area contributed by atoms with Gasteiger partial charge in [-0.3, -0.25) is 24.0 Å². The molecule has 0 aromatic heterocycles. The minimum Gasteiger partial charge on any atom is -0.463 e. The van der Waals surface area contributed by atoms with Crippen molar-refractivity contribution in [3.05, 3.63) is 29.8 Å². The van der Waals surface area contributed by atoms with Gasteiger partial charge < -0.3 is 42.6 Å². The molecule has 320 valence electrons. The van der Waals surface area contributed by atoms with Gasteiger partial charge >= 0.3 is 29.8 Å². The first-order valence-electron chi connectivity index (χ1n) is 19.2. The molecule has 12 atom stereocenters. The number of sulfonamides is 1. The van der Waals surface area contributed by atoms with E-state index in [1.165, 1.54) is 19.1 Å². The summed E-state index contributed by atoms with van der Waals surface area (Å²) in [5.41, 5.74) is 0.834. The Kier molecular flexibility index (Phi) is 16.4. The van der Waals surface area contributed by atoms with Crippen molar-refractivity contribution in [3.63, 3.8) is 0 Å². The smallest absolute Gasteiger partial charge is 0.303 e. The molecule has 1 aliphatic carbocycles. The predicted octanol–water partition coefficient (Wildman–Crippen LogP) is 3.27. The van der Waals surface area contributed by atoms with Crippen LogP contribution in [0.2, 0.25) is 0 Å². The van der Waals surface area contributed by atoms with E-state index in [2.05, 4.69) is 25.5 Å². The highest BCUT2D eigenvalue weighted by molar-refractivity contribution is 7.89. The maximum Gasteiger partial charge on any atom is 0.303 e. The SMILES string of the molecule is CC(=O)OC[C@H]1O[C@H](O[C@H]2[C@@H](NS(=O)(=O)c3ccc(C)cc3)C[C@@H](O[C@@H]3C[C@H](C)CC[C@H]3C(C)C)O[C@@H]2COC(C)=O)[C@H](OC(C)=O)[C@@H](OC(C)=O)[C@@H]1OC(C)=O. The molecule has 0 radical (unpaired) electrons. The average Bonchev–Trinajstić information content (AvgIpc) is 3.09. The number of nitrogens with one attached hydrogen (secondary N) is 1. The van der Waals surface area contributed by atoms with E-state index >= 15 is 0 Å². The van der Waals surface area contributed by atoms with Crippen LogP contribution in [0.3, 0.4) is 0 Å². The number of carbonyl (C=O) groups is 5.